The molecule has 0 bridgehead atoms. The molecular formula is C15H11ClN2O2S2. The number of hydrogen-bond donors (Lipinski definition) is 1. The summed E-state index contributed by atoms with van der Waals surface area (Å²) in [7, 11) is -3.61. The largest absolute Gasteiger partial charge is 0.263 e. The lowest BCUT2D eigenvalue weighted by atomic mass is 10.2. The molecule has 0 fully saturated rings. The highest BCUT2D eigenvalue weighted by Crippen LogP contribution is 2.27. The molecule has 0 aliphatic heterocycles. The van der Waals surface area contributed by atoms with Gasteiger partial charge < -0.3 is 0 Å². The fourth-order valence-corrected chi connectivity index (χ4v) is 3.97. The van der Waals surface area contributed by atoms with Crippen molar-refractivity contribution in [3.8, 4) is 11.3 Å². The highest BCUT2D eigenvalue weighted by molar-refractivity contribution is 7.93. The van der Waals surface area contributed by atoms with E-state index in [1.165, 1.54) is 23.5 Å². The van der Waals surface area contributed by atoms with Gasteiger partial charge >= 0.3 is 0 Å². The molecule has 0 amide bonds. The Hall–Kier alpha value is -1.89. The Morgan fingerprint density at radius 3 is 2.36 bits per heavy atom. The van der Waals surface area contributed by atoms with Crippen LogP contribution in [0.5, 0.6) is 0 Å². The predicted molar refractivity (Wildman–Crippen MR) is 89.8 cm³/mol. The van der Waals surface area contributed by atoms with Crippen LogP contribution in [0.3, 0.4) is 0 Å². The van der Waals surface area contributed by atoms with Crippen molar-refractivity contribution in [2.75, 3.05) is 4.72 Å². The van der Waals surface area contributed by atoms with E-state index < -0.39 is 10.0 Å². The van der Waals surface area contributed by atoms with Crippen molar-refractivity contribution in [2.24, 2.45) is 0 Å². The van der Waals surface area contributed by atoms with E-state index in [0.717, 1.165) is 5.56 Å². The minimum absolute atomic E-state index is 0.207. The Morgan fingerprint density at radius 2 is 1.68 bits per heavy atom. The second-order valence-corrected chi connectivity index (χ2v) is 7.44. The second-order valence-electron chi connectivity index (χ2n) is 4.46. The number of nitrogens with one attached hydrogen (secondary N) is 1. The van der Waals surface area contributed by atoms with Crippen molar-refractivity contribution in [3.05, 3.63) is 65.0 Å². The van der Waals surface area contributed by atoms with Crippen LogP contribution in [0.15, 0.2) is 64.9 Å². The summed E-state index contributed by atoms with van der Waals surface area (Å²) in [6.45, 7) is 0. The van der Waals surface area contributed by atoms with Gasteiger partial charge in [0.05, 0.1) is 10.6 Å². The first-order chi connectivity index (χ1) is 10.5. The molecule has 0 atom stereocenters. The van der Waals surface area contributed by atoms with Gasteiger partial charge in [-0.3, -0.25) is 4.72 Å². The number of benzene rings is 2. The van der Waals surface area contributed by atoms with Crippen molar-refractivity contribution in [1.82, 2.24) is 4.98 Å². The number of thiazole rings is 1. The van der Waals surface area contributed by atoms with Gasteiger partial charge in [0.25, 0.3) is 10.0 Å². The highest BCUT2D eigenvalue weighted by atomic mass is 35.5. The molecule has 0 spiro atoms. The van der Waals surface area contributed by atoms with Gasteiger partial charge in [0.1, 0.15) is 0 Å². The third kappa shape index (κ3) is 3.30. The SMILES string of the molecule is O=S(=O)(Nc1nc(-c2ccc(Cl)cc2)cs1)c1ccccc1. The Kier molecular flexibility index (Phi) is 4.15. The van der Waals surface area contributed by atoms with E-state index in [1.54, 1.807) is 35.7 Å². The van der Waals surface area contributed by atoms with Gasteiger partial charge in [-0.2, -0.15) is 0 Å². The first kappa shape index (κ1) is 15.0. The zero-order valence-electron chi connectivity index (χ0n) is 11.2. The summed E-state index contributed by atoms with van der Waals surface area (Å²) < 4.78 is 26.9. The van der Waals surface area contributed by atoms with E-state index in [-0.39, 0.29) is 4.90 Å². The van der Waals surface area contributed by atoms with Gasteiger partial charge in [-0.25, -0.2) is 13.4 Å². The minimum atomic E-state index is -3.61. The van der Waals surface area contributed by atoms with E-state index in [2.05, 4.69) is 9.71 Å². The molecule has 0 saturated heterocycles. The van der Waals surface area contributed by atoms with Gasteiger partial charge in [0.15, 0.2) is 5.13 Å². The maximum Gasteiger partial charge on any atom is 0.263 e. The number of halogens is 1. The molecule has 7 heteroatoms. The molecule has 1 aromatic heterocycles. The molecule has 4 nitrogen and oxygen atoms in total. The molecule has 22 heavy (non-hydrogen) atoms. The third-order valence-corrected chi connectivity index (χ3v) is 5.41. The van der Waals surface area contributed by atoms with Crippen LogP contribution in [0.25, 0.3) is 11.3 Å². The third-order valence-electron chi connectivity index (χ3n) is 2.92. The van der Waals surface area contributed by atoms with Crippen molar-refractivity contribution >= 4 is 38.1 Å². The molecule has 2 aromatic carbocycles. The van der Waals surface area contributed by atoms with Crippen LogP contribution in [0, 0.1) is 0 Å². The standard InChI is InChI=1S/C15H11ClN2O2S2/c16-12-8-6-11(7-9-12)14-10-21-15(17-14)18-22(19,20)13-4-2-1-3-5-13/h1-10H,(H,17,18). The average Bonchev–Trinajstić information content (AvgIpc) is 2.97. The van der Waals surface area contributed by atoms with Gasteiger partial charge in [-0.1, -0.05) is 41.9 Å². The fraction of sp³-hybridized carbons (Fsp3) is 0. The smallest absolute Gasteiger partial charge is 0.255 e. The summed E-state index contributed by atoms with van der Waals surface area (Å²) >= 11 is 7.09. The van der Waals surface area contributed by atoms with Crippen molar-refractivity contribution in [2.45, 2.75) is 4.90 Å². The second kappa shape index (κ2) is 6.08. The van der Waals surface area contributed by atoms with E-state index in [9.17, 15) is 8.42 Å². The monoisotopic (exact) mass is 350 g/mol. The topological polar surface area (TPSA) is 59.1 Å². The number of aromatic nitrogens is 1. The van der Waals surface area contributed by atoms with Gasteiger partial charge in [-0.05, 0) is 24.3 Å². The van der Waals surface area contributed by atoms with Crippen LogP contribution in [-0.4, -0.2) is 13.4 Å². The first-order valence-corrected chi connectivity index (χ1v) is 9.08. The Bertz CT molecular complexity index is 875. The highest BCUT2D eigenvalue weighted by Gasteiger charge is 2.15. The number of sulfonamides is 1. The Labute approximate surface area is 137 Å². The number of rotatable bonds is 4. The van der Waals surface area contributed by atoms with Gasteiger partial charge in [-0.15, -0.1) is 11.3 Å². The lowest BCUT2D eigenvalue weighted by Crippen LogP contribution is -2.12. The predicted octanol–water partition coefficient (Wildman–Crippen LogP) is 4.26. The zero-order chi connectivity index (χ0) is 15.6. The number of nitrogens with zero attached hydrogens (tertiary/aromatic N) is 1. The summed E-state index contributed by atoms with van der Waals surface area (Å²) in [6, 6.07) is 15.4. The molecule has 1 N–H and O–H groups in total. The van der Waals surface area contributed by atoms with Gasteiger partial charge in [0.2, 0.25) is 0 Å². The molecule has 3 aromatic rings. The summed E-state index contributed by atoms with van der Waals surface area (Å²) in [4.78, 5) is 4.51. The van der Waals surface area contributed by atoms with Crippen molar-refractivity contribution in [1.29, 1.82) is 0 Å². The van der Waals surface area contributed by atoms with Crippen LogP contribution < -0.4 is 4.72 Å². The molecule has 0 saturated carbocycles. The average molecular weight is 351 g/mol. The van der Waals surface area contributed by atoms with Crippen molar-refractivity contribution in [3.63, 3.8) is 0 Å². The van der Waals surface area contributed by atoms with E-state index in [4.69, 9.17) is 11.6 Å². The summed E-state index contributed by atoms with van der Waals surface area (Å²) in [6.07, 6.45) is 0. The van der Waals surface area contributed by atoms with E-state index in [1.807, 2.05) is 12.1 Å². The molecular weight excluding hydrogens is 340 g/mol. The zero-order valence-corrected chi connectivity index (χ0v) is 13.6. The molecule has 0 unspecified atom stereocenters. The van der Waals surface area contributed by atoms with Crippen molar-refractivity contribution < 1.29 is 8.42 Å². The molecule has 0 aliphatic rings. The fourth-order valence-electron chi connectivity index (χ4n) is 1.85. The maximum atomic E-state index is 12.2. The quantitative estimate of drug-likeness (QED) is 0.764. The normalized spacial score (nSPS) is 11.3. The summed E-state index contributed by atoms with van der Waals surface area (Å²) in [5, 5.41) is 2.77. The first-order valence-electron chi connectivity index (χ1n) is 6.34. The molecule has 0 aliphatic carbocycles. The van der Waals surface area contributed by atoms with Crippen LogP contribution in [0.4, 0.5) is 5.13 Å². The van der Waals surface area contributed by atoms with Crippen LogP contribution in [0.2, 0.25) is 5.02 Å². The molecule has 3 rings (SSSR count). The molecule has 1 heterocycles. The van der Waals surface area contributed by atoms with Crippen LogP contribution in [0.1, 0.15) is 0 Å². The lowest BCUT2D eigenvalue weighted by molar-refractivity contribution is 0.601. The molecule has 112 valence electrons. The van der Waals surface area contributed by atoms with Crippen LogP contribution in [-0.2, 0) is 10.0 Å². The molecule has 0 radical (unpaired) electrons. The lowest BCUT2D eigenvalue weighted by Gasteiger charge is -2.04. The van der Waals surface area contributed by atoms with E-state index >= 15 is 0 Å². The summed E-state index contributed by atoms with van der Waals surface area (Å²) in [5.41, 5.74) is 1.58. The van der Waals surface area contributed by atoms with Gasteiger partial charge in [0, 0.05) is 16.0 Å². The number of anilines is 1. The Balaban J connectivity index is 1.84. The minimum Gasteiger partial charge on any atom is -0.255 e. The summed E-state index contributed by atoms with van der Waals surface area (Å²) in [5.74, 6) is 0. The Morgan fingerprint density at radius 1 is 1.00 bits per heavy atom. The maximum absolute atomic E-state index is 12.2. The van der Waals surface area contributed by atoms with E-state index in [0.29, 0.717) is 15.8 Å². The van der Waals surface area contributed by atoms with Crippen LogP contribution >= 0.6 is 22.9 Å². The number of hydrogen-bond acceptors (Lipinski definition) is 4.